The van der Waals surface area contributed by atoms with Gasteiger partial charge in [-0.2, -0.15) is 0 Å². The summed E-state index contributed by atoms with van der Waals surface area (Å²) in [6, 6.07) is -0.538. The topological polar surface area (TPSA) is 75.6 Å². The van der Waals surface area contributed by atoms with Crippen LogP contribution in [0.3, 0.4) is 0 Å². The molecule has 1 unspecified atom stereocenters. The van der Waals surface area contributed by atoms with Gasteiger partial charge in [-0.25, -0.2) is 0 Å². The monoisotopic (exact) mass is 305 g/mol. The van der Waals surface area contributed by atoms with Crippen molar-refractivity contribution in [1.29, 1.82) is 0 Å². The van der Waals surface area contributed by atoms with Crippen LogP contribution in [0, 0.1) is 0 Å². The summed E-state index contributed by atoms with van der Waals surface area (Å²) in [4.78, 5) is 23.3. The summed E-state index contributed by atoms with van der Waals surface area (Å²) in [6.07, 6.45) is 3.05. The molecule has 5 nitrogen and oxygen atoms in total. The van der Waals surface area contributed by atoms with Crippen molar-refractivity contribution in [2.75, 3.05) is 0 Å². The molecule has 2 rings (SSSR count). The number of ether oxygens (including phenoxy) is 1. The van der Waals surface area contributed by atoms with Crippen molar-refractivity contribution in [3.8, 4) is 0 Å². The average Bonchev–Trinajstić information content (AvgIpc) is 2.42. The number of fused-ring (bicyclic) bond motifs is 1. The van der Waals surface area contributed by atoms with Gasteiger partial charge in [0.25, 0.3) is 0 Å². The van der Waals surface area contributed by atoms with Gasteiger partial charge in [-0.1, -0.05) is 0 Å². The van der Waals surface area contributed by atoms with Crippen molar-refractivity contribution < 1.29 is 19.4 Å². The van der Waals surface area contributed by atoms with Gasteiger partial charge in [-0.3, -0.25) is 0 Å². The molecule has 0 aromatic heterocycles. The van der Waals surface area contributed by atoms with E-state index in [0.29, 0.717) is 12.0 Å². The molecule has 6 heteroatoms. The second kappa shape index (κ2) is 5.98. The van der Waals surface area contributed by atoms with Crippen LogP contribution in [0.25, 0.3) is 0 Å². The Morgan fingerprint density at radius 2 is 2.19 bits per heavy atom. The van der Waals surface area contributed by atoms with Crippen molar-refractivity contribution >= 4 is 30.7 Å². The van der Waals surface area contributed by atoms with Crippen LogP contribution in [0.4, 0.5) is 4.79 Å². The molecule has 0 spiro atoms. The fraction of sp³-hybridized carbons (Fsp3) is 0.533. The average molecular weight is 305 g/mol. The van der Waals surface area contributed by atoms with E-state index in [9.17, 15) is 14.7 Å². The first-order chi connectivity index (χ1) is 9.76. The van der Waals surface area contributed by atoms with E-state index in [4.69, 9.17) is 4.74 Å². The number of carbonyl (C=O) groups excluding carboxylic acids is 2. The summed E-state index contributed by atoms with van der Waals surface area (Å²) in [5, 5.41) is 17.0. The van der Waals surface area contributed by atoms with E-state index in [0.717, 1.165) is 5.57 Å². The molecule has 2 N–H and O–H groups in total. The predicted molar refractivity (Wildman–Crippen MR) is 81.6 cm³/mol. The summed E-state index contributed by atoms with van der Waals surface area (Å²) >= 11 is -0.616. The second-order valence-electron chi connectivity index (χ2n) is 5.94. The standard InChI is InChI=1S/C14H18NO4.CH2.Al/c1-8(17)9-4-5-11-10(6-9)12(15-7-16)13(18)14(2,3)19-11;;/h4,6,11-13,18H,5H2,1-3H3,(H,15,16);1H2;/t11?,12-,13+;;/m0../s1. The molecule has 1 heterocycles. The van der Waals surface area contributed by atoms with Gasteiger partial charge in [0.05, 0.1) is 0 Å². The van der Waals surface area contributed by atoms with Crippen molar-refractivity contribution in [2.24, 2.45) is 0 Å². The zero-order chi connectivity index (χ0) is 15.8. The summed E-state index contributed by atoms with van der Waals surface area (Å²) in [6.45, 7) is 5.10. The zero-order valence-corrected chi connectivity index (χ0v) is 13.7. The Morgan fingerprint density at radius 1 is 1.52 bits per heavy atom. The number of hydrogen-bond acceptors (Lipinski definition) is 4. The van der Waals surface area contributed by atoms with Crippen LogP contribution in [-0.2, 0) is 9.53 Å². The summed E-state index contributed by atoms with van der Waals surface area (Å²) < 4.78 is 5.77. The van der Waals surface area contributed by atoms with Crippen molar-refractivity contribution in [3.05, 3.63) is 23.3 Å². The Bertz CT molecular complexity index is 550. The Balaban J connectivity index is 2.39. The molecule has 3 atom stereocenters. The molecular weight excluding hydrogens is 285 g/mol. The second-order valence-corrected chi connectivity index (χ2v) is 6.87. The number of rotatable bonds is 3. The number of hydrogen-bond donors (Lipinski definition) is 2. The van der Waals surface area contributed by atoms with E-state index in [2.05, 4.69) is 10.7 Å². The molecule has 1 aliphatic heterocycles. The maximum atomic E-state index is 11.7. The summed E-state index contributed by atoms with van der Waals surface area (Å²) in [5.74, 6) is -0.0341. The molecule has 1 aliphatic carbocycles. The van der Waals surface area contributed by atoms with Gasteiger partial charge in [-0.05, 0) is 0 Å². The van der Waals surface area contributed by atoms with Crippen molar-refractivity contribution in [3.63, 3.8) is 0 Å². The van der Waals surface area contributed by atoms with E-state index in [1.807, 2.05) is 6.08 Å². The zero-order valence-electron chi connectivity index (χ0n) is 12.6. The van der Waals surface area contributed by atoms with Crippen LogP contribution in [0.1, 0.15) is 27.2 Å². The quantitative estimate of drug-likeness (QED) is 0.748. The number of aliphatic hydroxyl groups is 1. The van der Waals surface area contributed by atoms with Gasteiger partial charge in [0.1, 0.15) is 0 Å². The number of Topliss-reactive ketones (excluding diaryl/α,β-unsaturated/α-hetero) is 1. The third-order valence-corrected chi connectivity index (χ3v) is 4.51. The summed E-state index contributed by atoms with van der Waals surface area (Å²) in [7, 11) is 0. The molecule has 0 saturated carbocycles. The molecule has 0 radical (unpaired) electrons. The molecular formula is C15H20AlNO4. The maximum absolute atomic E-state index is 11.7. The van der Waals surface area contributed by atoms with Crippen LogP contribution in [0.15, 0.2) is 23.3 Å². The van der Waals surface area contributed by atoms with E-state index >= 15 is 0 Å². The van der Waals surface area contributed by atoms with Gasteiger partial charge in [0, 0.05) is 0 Å². The van der Waals surface area contributed by atoms with Crippen LogP contribution in [0.5, 0.6) is 0 Å². The molecule has 21 heavy (non-hydrogen) atoms. The number of ketones is 1. The number of carbonyl (C=O) groups is 2. The third kappa shape index (κ3) is 3.24. The number of nitrogens with one attached hydrogen (secondary N) is 1. The predicted octanol–water partition coefficient (Wildman–Crippen LogP) is 0.585. The Labute approximate surface area is 130 Å². The van der Waals surface area contributed by atoms with E-state index in [1.54, 1.807) is 19.9 Å². The Kier molecular flexibility index (Phi) is 4.64. The van der Waals surface area contributed by atoms with Crippen LogP contribution in [-0.4, -0.2) is 59.7 Å². The normalized spacial score (nSPS) is 30.4. The van der Waals surface area contributed by atoms with Gasteiger partial charge < -0.3 is 0 Å². The molecule has 1 amide bonds. The number of aliphatic hydroxyl groups excluding tert-OH is 1. The molecule has 0 bridgehead atoms. The molecule has 1 saturated heterocycles. The minimum absolute atomic E-state index is 0.0341. The fourth-order valence-corrected chi connectivity index (χ4v) is 3.04. The van der Waals surface area contributed by atoms with Crippen LogP contribution < -0.4 is 5.32 Å². The van der Waals surface area contributed by atoms with E-state index in [1.165, 1.54) is 6.92 Å². The van der Waals surface area contributed by atoms with Gasteiger partial charge in [-0.15, -0.1) is 0 Å². The first-order valence-electron chi connectivity index (χ1n) is 6.97. The molecule has 2 aliphatic rings. The third-order valence-electron chi connectivity index (χ3n) is 3.97. The van der Waals surface area contributed by atoms with E-state index < -0.39 is 32.5 Å². The SMILES string of the molecule is [CH2]=[Al][C](=O)N[C@H]1C2=CC(C(C)=O)=CCC2OC(C)(C)[C@@H]1O. The van der Waals surface area contributed by atoms with Crippen LogP contribution >= 0.6 is 0 Å². The number of allylic oxidation sites excluding steroid dienone is 2. The van der Waals surface area contributed by atoms with Crippen LogP contribution in [0.2, 0.25) is 0 Å². The van der Waals surface area contributed by atoms with Gasteiger partial charge in [0.15, 0.2) is 0 Å². The first kappa shape index (κ1) is 16.3. The van der Waals surface area contributed by atoms with Crippen molar-refractivity contribution in [1.82, 2.24) is 5.32 Å². The Hall–Kier alpha value is -1.06. The fourth-order valence-electron chi connectivity index (χ4n) is 2.75. The molecule has 1 fully saturated rings. The Morgan fingerprint density at radius 3 is 2.76 bits per heavy atom. The molecule has 112 valence electrons. The van der Waals surface area contributed by atoms with Gasteiger partial charge in [0.2, 0.25) is 0 Å². The van der Waals surface area contributed by atoms with E-state index in [-0.39, 0.29) is 16.7 Å². The molecule has 0 aromatic rings. The van der Waals surface area contributed by atoms with Gasteiger partial charge >= 0.3 is 130 Å². The summed E-state index contributed by atoms with van der Waals surface area (Å²) in [5.41, 5.74) is 0.589. The number of amides is 1. The first-order valence-corrected chi connectivity index (χ1v) is 8.37. The molecule has 0 aromatic carbocycles. The minimum atomic E-state index is -0.874. The van der Waals surface area contributed by atoms with Crippen molar-refractivity contribution in [2.45, 2.75) is 51.0 Å².